The van der Waals surface area contributed by atoms with Crippen LogP contribution in [0.1, 0.15) is 17.5 Å². The number of benzene rings is 2. The fourth-order valence-corrected chi connectivity index (χ4v) is 3.76. The minimum absolute atomic E-state index is 0.278. The van der Waals surface area contributed by atoms with Crippen LogP contribution in [0.3, 0.4) is 0 Å². The highest BCUT2D eigenvalue weighted by molar-refractivity contribution is 6.10. The van der Waals surface area contributed by atoms with Gasteiger partial charge in [-0.25, -0.2) is 4.79 Å². The summed E-state index contributed by atoms with van der Waals surface area (Å²) in [6, 6.07) is 10.2. The number of carbonyl (C=O) groups excluding carboxylic acids is 3. The van der Waals surface area contributed by atoms with E-state index in [0.717, 1.165) is 18.7 Å². The molecule has 0 aromatic heterocycles. The van der Waals surface area contributed by atoms with E-state index < -0.39 is 6.09 Å². The first-order valence-corrected chi connectivity index (χ1v) is 12.6. The molecule has 2 N–H and O–H groups in total. The van der Waals surface area contributed by atoms with E-state index in [1.807, 2.05) is 7.05 Å². The minimum atomic E-state index is -0.430. The van der Waals surface area contributed by atoms with Crippen molar-refractivity contribution in [1.29, 1.82) is 0 Å². The molecule has 208 valence electrons. The molecule has 0 spiro atoms. The number of ketones is 2. The molecule has 10 heteroatoms. The zero-order valence-electron chi connectivity index (χ0n) is 22.6. The molecule has 1 aliphatic heterocycles. The van der Waals surface area contributed by atoms with Crippen LogP contribution in [0.15, 0.2) is 48.6 Å². The van der Waals surface area contributed by atoms with Crippen molar-refractivity contribution < 1.29 is 33.3 Å². The number of nitrogens with two attached hydrogens (primary N) is 1. The second-order valence-corrected chi connectivity index (χ2v) is 8.89. The zero-order valence-corrected chi connectivity index (χ0v) is 22.6. The van der Waals surface area contributed by atoms with Gasteiger partial charge in [0.25, 0.3) is 0 Å². The molecular formula is C29H35N3O7. The van der Waals surface area contributed by atoms with Crippen LogP contribution in [0.25, 0.3) is 12.2 Å². The average Bonchev–Trinajstić information content (AvgIpc) is 2.94. The Kier molecular flexibility index (Phi) is 11.1. The summed E-state index contributed by atoms with van der Waals surface area (Å²) in [6.07, 6.45) is 5.18. The largest absolute Gasteiger partial charge is 0.493 e. The molecule has 1 fully saturated rings. The van der Waals surface area contributed by atoms with Crippen LogP contribution < -0.4 is 24.7 Å². The van der Waals surface area contributed by atoms with Crippen molar-refractivity contribution in [2.45, 2.75) is 6.42 Å². The van der Waals surface area contributed by atoms with Crippen LogP contribution in [-0.2, 0) is 9.59 Å². The quantitative estimate of drug-likeness (QED) is 0.322. The minimum Gasteiger partial charge on any atom is -0.493 e. The maximum absolute atomic E-state index is 12.5. The number of allylic oxidation sites excluding steroid dienone is 2. The van der Waals surface area contributed by atoms with Gasteiger partial charge in [0.1, 0.15) is 6.61 Å². The molecule has 1 aliphatic rings. The van der Waals surface area contributed by atoms with Gasteiger partial charge in [0.05, 0.1) is 20.6 Å². The Morgan fingerprint density at radius 2 is 1.36 bits per heavy atom. The summed E-state index contributed by atoms with van der Waals surface area (Å²) in [5.41, 5.74) is 6.85. The SMILES string of the molecule is COc1cc(C=CC(=O)CC(=O)C=Cc2ccc(OC(=O)N3CCN(C)CC3)c(OC)c2)ccc1OCCN. The summed E-state index contributed by atoms with van der Waals surface area (Å²) in [6.45, 7) is 3.51. The predicted octanol–water partition coefficient (Wildman–Crippen LogP) is 3.04. The second-order valence-electron chi connectivity index (χ2n) is 8.89. The van der Waals surface area contributed by atoms with Crippen LogP contribution in [0.5, 0.6) is 23.0 Å². The summed E-state index contributed by atoms with van der Waals surface area (Å²) < 4.78 is 21.7. The van der Waals surface area contributed by atoms with Gasteiger partial charge in [-0.3, -0.25) is 9.59 Å². The summed E-state index contributed by atoms with van der Waals surface area (Å²) in [4.78, 5) is 41.0. The van der Waals surface area contributed by atoms with Gasteiger partial charge in [-0.15, -0.1) is 0 Å². The highest BCUT2D eigenvalue weighted by Crippen LogP contribution is 2.30. The number of methoxy groups -OCH3 is 2. The summed E-state index contributed by atoms with van der Waals surface area (Å²) in [7, 11) is 5.01. The fourth-order valence-electron chi connectivity index (χ4n) is 3.76. The molecule has 1 heterocycles. The number of likely N-dealkylation sites (N-methyl/N-ethyl adjacent to an activating group) is 1. The van der Waals surface area contributed by atoms with Gasteiger partial charge in [-0.05, 0) is 54.6 Å². The van der Waals surface area contributed by atoms with E-state index in [1.165, 1.54) is 26.4 Å². The van der Waals surface area contributed by atoms with E-state index in [-0.39, 0.29) is 18.0 Å². The molecule has 39 heavy (non-hydrogen) atoms. The topological polar surface area (TPSA) is 121 Å². The van der Waals surface area contributed by atoms with Gasteiger partial charge < -0.3 is 34.5 Å². The Bertz CT molecular complexity index is 1220. The van der Waals surface area contributed by atoms with Crippen LogP contribution in [0.2, 0.25) is 0 Å². The van der Waals surface area contributed by atoms with E-state index in [2.05, 4.69) is 4.90 Å². The molecule has 1 saturated heterocycles. The average molecular weight is 538 g/mol. The third-order valence-corrected chi connectivity index (χ3v) is 5.98. The van der Waals surface area contributed by atoms with Crippen LogP contribution >= 0.6 is 0 Å². The lowest BCUT2D eigenvalue weighted by molar-refractivity contribution is -0.121. The Morgan fingerprint density at radius 3 is 1.90 bits per heavy atom. The lowest BCUT2D eigenvalue weighted by Gasteiger charge is -2.31. The smallest absolute Gasteiger partial charge is 0.415 e. The molecule has 0 radical (unpaired) electrons. The van der Waals surface area contributed by atoms with Crippen molar-refractivity contribution in [1.82, 2.24) is 9.80 Å². The predicted molar refractivity (Wildman–Crippen MR) is 148 cm³/mol. The van der Waals surface area contributed by atoms with Gasteiger partial charge in [0.2, 0.25) is 0 Å². The normalized spacial score (nSPS) is 14.0. The van der Waals surface area contributed by atoms with Crippen LogP contribution in [-0.4, -0.2) is 88.1 Å². The van der Waals surface area contributed by atoms with Gasteiger partial charge in [-0.2, -0.15) is 0 Å². The van der Waals surface area contributed by atoms with Crippen LogP contribution in [0, 0.1) is 0 Å². The van der Waals surface area contributed by atoms with E-state index in [9.17, 15) is 14.4 Å². The zero-order chi connectivity index (χ0) is 28.2. The molecule has 0 atom stereocenters. The molecule has 0 aliphatic carbocycles. The van der Waals surface area contributed by atoms with E-state index in [4.69, 9.17) is 24.7 Å². The number of carbonyl (C=O) groups is 3. The van der Waals surface area contributed by atoms with Gasteiger partial charge in [0, 0.05) is 32.7 Å². The molecule has 2 aromatic carbocycles. The second kappa shape index (κ2) is 14.7. The monoisotopic (exact) mass is 537 g/mol. The highest BCUT2D eigenvalue weighted by atomic mass is 16.6. The lowest BCUT2D eigenvalue weighted by atomic mass is 10.1. The third-order valence-electron chi connectivity index (χ3n) is 5.98. The molecule has 3 rings (SSSR count). The molecule has 0 unspecified atom stereocenters. The van der Waals surface area contributed by atoms with Gasteiger partial charge in [-0.1, -0.05) is 24.3 Å². The number of piperazine rings is 1. The van der Waals surface area contributed by atoms with E-state index >= 15 is 0 Å². The third kappa shape index (κ3) is 8.98. The molecule has 2 aromatic rings. The van der Waals surface area contributed by atoms with Crippen molar-refractivity contribution in [3.05, 3.63) is 59.7 Å². The molecule has 1 amide bonds. The highest BCUT2D eigenvalue weighted by Gasteiger charge is 2.22. The van der Waals surface area contributed by atoms with Crippen LogP contribution in [0.4, 0.5) is 4.79 Å². The molecule has 10 nitrogen and oxygen atoms in total. The van der Waals surface area contributed by atoms with Crippen molar-refractivity contribution in [2.24, 2.45) is 5.73 Å². The Hall–Kier alpha value is -4.15. The number of hydrogen-bond donors (Lipinski definition) is 1. The fraction of sp³-hybridized carbons (Fsp3) is 0.345. The number of amides is 1. The number of hydrogen-bond acceptors (Lipinski definition) is 9. The van der Waals surface area contributed by atoms with Gasteiger partial charge in [0.15, 0.2) is 34.6 Å². The number of nitrogens with zero attached hydrogens (tertiary/aromatic N) is 2. The lowest BCUT2D eigenvalue weighted by Crippen LogP contribution is -2.48. The first-order valence-electron chi connectivity index (χ1n) is 12.6. The first kappa shape index (κ1) is 29.4. The van der Waals surface area contributed by atoms with Crippen molar-refractivity contribution in [3.8, 4) is 23.0 Å². The van der Waals surface area contributed by atoms with Crippen molar-refractivity contribution in [3.63, 3.8) is 0 Å². The number of ether oxygens (including phenoxy) is 4. The maximum Gasteiger partial charge on any atom is 0.415 e. The maximum atomic E-state index is 12.5. The summed E-state index contributed by atoms with van der Waals surface area (Å²) >= 11 is 0. The summed E-state index contributed by atoms with van der Waals surface area (Å²) in [5, 5.41) is 0. The van der Waals surface area contributed by atoms with Crippen molar-refractivity contribution in [2.75, 3.05) is 60.6 Å². The Balaban J connectivity index is 1.55. The molecule has 0 bridgehead atoms. The Labute approximate surface area is 228 Å². The van der Waals surface area contributed by atoms with E-state index in [1.54, 1.807) is 53.5 Å². The molecular weight excluding hydrogens is 502 g/mol. The Morgan fingerprint density at radius 1 is 0.821 bits per heavy atom. The van der Waals surface area contributed by atoms with Gasteiger partial charge >= 0.3 is 6.09 Å². The first-order chi connectivity index (χ1) is 18.8. The van der Waals surface area contributed by atoms with Crippen molar-refractivity contribution >= 4 is 29.8 Å². The van der Waals surface area contributed by atoms with E-state index in [0.29, 0.717) is 54.8 Å². The number of rotatable bonds is 12. The molecule has 0 saturated carbocycles. The standard InChI is InChI=1S/C29H35N3O7/c1-31-13-15-32(16-14-31)29(35)39-26-11-7-22(19-28(26)37-3)5-9-24(34)20-23(33)8-4-21-6-10-25(38-17-12-30)27(18-21)36-2/h4-11,18-19H,12-17,20,30H2,1-3H3. The summed E-state index contributed by atoms with van der Waals surface area (Å²) in [5.74, 6) is 1.05.